The van der Waals surface area contributed by atoms with Gasteiger partial charge in [0.2, 0.25) is 6.17 Å². The zero-order valence-corrected chi connectivity index (χ0v) is 14.4. The van der Waals surface area contributed by atoms with E-state index in [9.17, 15) is 9.18 Å². The Hall–Kier alpha value is -2.04. The molecule has 3 nitrogen and oxygen atoms in total. The van der Waals surface area contributed by atoms with Gasteiger partial charge in [-0.15, -0.1) is 0 Å². The number of carbonyl (C=O) groups excluding carboxylic acids is 1. The van der Waals surface area contributed by atoms with Crippen LogP contribution in [0.25, 0.3) is 0 Å². The fraction of sp³-hybridized carbons (Fsp3) is 0.381. The molecule has 6 rings (SSSR count). The number of Topliss-reactive ketones (excluding diaryl/α,β-unsaturated/α-hetero) is 1. The Bertz CT molecular complexity index is 817. The lowest BCUT2D eigenvalue weighted by Gasteiger charge is -2.59. The zero-order valence-electron chi connectivity index (χ0n) is 14.4. The molecule has 0 radical (unpaired) electrons. The summed E-state index contributed by atoms with van der Waals surface area (Å²) >= 11 is 0. The maximum atomic E-state index is 13.4. The number of nitrogens with one attached hydrogen (secondary N) is 2. The van der Waals surface area contributed by atoms with Crippen molar-refractivity contribution in [2.45, 2.75) is 18.5 Å². The molecule has 2 N–H and O–H groups in total. The predicted molar refractivity (Wildman–Crippen MR) is 91.8 cm³/mol. The van der Waals surface area contributed by atoms with Crippen molar-refractivity contribution >= 4 is 5.78 Å². The molecule has 2 atom stereocenters. The number of ketones is 1. The van der Waals surface area contributed by atoms with Crippen LogP contribution in [0.3, 0.4) is 0 Å². The van der Waals surface area contributed by atoms with Crippen LogP contribution < -0.4 is 9.80 Å². The molecule has 4 aliphatic rings. The summed E-state index contributed by atoms with van der Waals surface area (Å²) in [4.78, 5) is 16.4. The van der Waals surface area contributed by atoms with Gasteiger partial charge >= 0.3 is 0 Å². The molecule has 4 heterocycles. The van der Waals surface area contributed by atoms with Gasteiger partial charge < -0.3 is 0 Å². The first-order chi connectivity index (χ1) is 12.0. The van der Waals surface area contributed by atoms with Crippen molar-refractivity contribution in [2.24, 2.45) is 5.41 Å². The van der Waals surface area contributed by atoms with Gasteiger partial charge in [0.1, 0.15) is 37.4 Å². The Balaban J connectivity index is 1.59. The maximum Gasteiger partial charge on any atom is 0.240 e. The third-order valence-corrected chi connectivity index (χ3v) is 6.62. The lowest BCUT2D eigenvalue weighted by molar-refractivity contribution is -1.18. The van der Waals surface area contributed by atoms with E-state index in [2.05, 4.69) is 19.1 Å². The van der Waals surface area contributed by atoms with E-state index in [1.807, 2.05) is 30.3 Å². The first-order valence-electron chi connectivity index (χ1n) is 9.07. The van der Waals surface area contributed by atoms with Gasteiger partial charge in [-0.25, -0.2) is 4.39 Å². The van der Waals surface area contributed by atoms with Crippen LogP contribution in [0.15, 0.2) is 54.6 Å². The second kappa shape index (κ2) is 4.99. The average Bonchev–Trinajstić information content (AvgIpc) is 2.60. The summed E-state index contributed by atoms with van der Waals surface area (Å²) in [5, 5.41) is 0. The van der Waals surface area contributed by atoms with Gasteiger partial charge in [0.15, 0.2) is 11.2 Å². The van der Waals surface area contributed by atoms with Gasteiger partial charge in [-0.1, -0.05) is 30.3 Å². The molecule has 0 saturated carbocycles. The van der Waals surface area contributed by atoms with Gasteiger partial charge in [0, 0.05) is 0 Å². The van der Waals surface area contributed by atoms with Crippen molar-refractivity contribution in [1.82, 2.24) is 0 Å². The summed E-state index contributed by atoms with van der Waals surface area (Å²) in [6.45, 7) is 5.60. The number of hydrogen-bond donors (Lipinski definition) is 2. The molecule has 0 amide bonds. The van der Waals surface area contributed by atoms with E-state index < -0.39 is 0 Å². The molecule has 0 spiro atoms. The Morgan fingerprint density at radius 1 is 0.920 bits per heavy atom. The summed E-state index contributed by atoms with van der Waals surface area (Å²) in [6, 6.07) is 17.3. The average molecular weight is 338 g/mol. The number of piperidine rings is 2. The summed E-state index contributed by atoms with van der Waals surface area (Å²) in [5.41, 5.74) is 1.73. The van der Waals surface area contributed by atoms with Crippen LogP contribution in [0.5, 0.6) is 0 Å². The molecule has 4 fully saturated rings. The molecule has 0 aromatic heterocycles. The Morgan fingerprint density at radius 3 is 2.12 bits per heavy atom. The van der Waals surface area contributed by atoms with E-state index in [0.717, 1.165) is 31.7 Å². The minimum atomic E-state index is -0.367. The number of rotatable bonds is 2. The van der Waals surface area contributed by atoms with E-state index in [-0.39, 0.29) is 16.6 Å². The quantitative estimate of drug-likeness (QED) is 0.801. The van der Waals surface area contributed by atoms with Crippen LogP contribution in [-0.2, 0) is 10.2 Å². The highest BCUT2D eigenvalue weighted by Crippen LogP contribution is 2.38. The monoisotopic (exact) mass is 338 g/mol. The third-order valence-electron chi connectivity index (χ3n) is 6.62. The SMILES string of the molecule is CC12C[NH+]3CC(c4ccccc4)(C[NH+](C1)C3c1ccc(F)cc1)C2=O. The fourth-order valence-electron chi connectivity index (χ4n) is 5.84. The van der Waals surface area contributed by atoms with Crippen LogP contribution in [0, 0.1) is 11.2 Å². The fourth-order valence-corrected chi connectivity index (χ4v) is 5.84. The second-order valence-corrected chi connectivity index (χ2v) is 8.35. The van der Waals surface area contributed by atoms with Crippen molar-refractivity contribution < 1.29 is 19.0 Å². The third kappa shape index (κ3) is 2.01. The highest BCUT2D eigenvalue weighted by Gasteiger charge is 2.70. The predicted octanol–water partition coefficient (Wildman–Crippen LogP) is 0.148. The minimum absolute atomic E-state index is 0.189. The number of quaternary nitrogens is 2. The Labute approximate surface area is 147 Å². The van der Waals surface area contributed by atoms with E-state index in [0.29, 0.717) is 11.9 Å². The van der Waals surface area contributed by atoms with E-state index in [4.69, 9.17) is 0 Å². The van der Waals surface area contributed by atoms with Gasteiger partial charge in [-0.2, -0.15) is 0 Å². The van der Waals surface area contributed by atoms with Crippen molar-refractivity contribution in [1.29, 1.82) is 0 Å². The Kier molecular flexibility index (Phi) is 3.04. The number of benzene rings is 2. The van der Waals surface area contributed by atoms with E-state index in [1.54, 1.807) is 12.1 Å². The smallest absolute Gasteiger partial charge is 0.240 e. The van der Waals surface area contributed by atoms with Crippen molar-refractivity contribution in [3.8, 4) is 0 Å². The molecule has 2 unspecified atom stereocenters. The lowest BCUT2D eigenvalue weighted by atomic mass is 9.58. The molecule has 0 aliphatic carbocycles. The number of halogens is 1. The van der Waals surface area contributed by atoms with Gasteiger partial charge in [0.05, 0.1) is 5.56 Å². The standard InChI is InChI=1S/C21H21FN2O/c1-20-11-23-13-21(19(20)25,16-5-3-2-4-6-16)14-24(12-20)18(23)15-7-9-17(22)10-8-15/h2-10,18H,11-14H2,1H3/p+2. The molecule has 4 heteroatoms. The van der Waals surface area contributed by atoms with Gasteiger partial charge in [-0.3, -0.25) is 14.6 Å². The molecule has 4 aliphatic heterocycles. The maximum absolute atomic E-state index is 13.4. The molecule has 128 valence electrons. The molecular formula is C21H23FN2O+2. The topological polar surface area (TPSA) is 26.0 Å². The largest absolute Gasteiger partial charge is 0.297 e. The molecule has 2 aromatic rings. The zero-order chi connectivity index (χ0) is 17.2. The summed E-state index contributed by atoms with van der Waals surface area (Å²) in [6.07, 6.45) is 0.304. The van der Waals surface area contributed by atoms with Crippen LogP contribution >= 0.6 is 0 Å². The molecule has 2 aromatic carbocycles. The number of hydrogen-bond acceptors (Lipinski definition) is 1. The van der Waals surface area contributed by atoms with E-state index >= 15 is 0 Å². The summed E-state index contributed by atoms with van der Waals surface area (Å²) in [7, 11) is 0. The molecule has 25 heavy (non-hydrogen) atoms. The number of carbonyl (C=O) groups is 1. The highest BCUT2D eigenvalue weighted by atomic mass is 19.1. The highest BCUT2D eigenvalue weighted by molar-refractivity contribution is 5.96. The first kappa shape index (κ1) is 15.2. The Morgan fingerprint density at radius 2 is 1.52 bits per heavy atom. The van der Waals surface area contributed by atoms with Crippen LogP contribution in [-0.4, -0.2) is 32.0 Å². The van der Waals surface area contributed by atoms with Gasteiger partial charge in [-0.05, 0) is 36.8 Å². The van der Waals surface area contributed by atoms with Crippen LogP contribution in [0.1, 0.15) is 24.2 Å². The normalized spacial score (nSPS) is 39.0. The van der Waals surface area contributed by atoms with Crippen molar-refractivity contribution in [2.75, 3.05) is 26.2 Å². The van der Waals surface area contributed by atoms with Crippen molar-refractivity contribution in [3.63, 3.8) is 0 Å². The molecule has 4 saturated heterocycles. The minimum Gasteiger partial charge on any atom is -0.297 e. The van der Waals surface area contributed by atoms with Crippen molar-refractivity contribution in [3.05, 3.63) is 71.5 Å². The summed E-state index contributed by atoms with van der Waals surface area (Å²) < 4.78 is 13.3. The van der Waals surface area contributed by atoms with E-state index in [1.165, 1.54) is 15.4 Å². The first-order valence-corrected chi connectivity index (χ1v) is 9.07. The van der Waals surface area contributed by atoms with Crippen LogP contribution in [0.2, 0.25) is 0 Å². The molecular weight excluding hydrogens is 315 g/mol. The van der Waals surface area contributed by atoms with Gasteiger partial charge in [0.25, 0.3) is 0 Å². The molecule has 4 bridgehead atoms. The van der Waals surface area contributed by atoms with Crippen LogP contribution in [0.4, 0.5) is 4.39 Å². The summed E-state index contributed by atoms with van der Waals surface area (Å²) in [5.74, 6) is 0.238. The lowest BCUT2D eigenvalue weighted by Crippen LogP contribution is -3.41. The second-order valence-electron chi connectivity index (χ2n) is 8.35.